The van der Waals surface area contributed by atoms with Gasteiger partial charge in [0.2, 0.25) is 0 Å². The standard InChI is InChI=1S/C16H10ClF2NO3/c17-10-3-2-9-13(21)5-6-23-15(9)14(10)16(22)20-8-1-4-11(18)12(19)7-8/h1-4,7H,5-6H2,(H,20,22). The molecule has 3 rings (SSSR count). The molecule has 2 aromatic rings. The second-order valence-corrected chi connectivity index (χ2v) is 5.31. The highest BCUT2D eigenvalue weighted by Gasteiger charge is 2.27. The van der Waals surface area contributed by atoms with Crippen molar-refractivity contribution in [1.82, 2.24) is 0 Å². The quantitative estimate of drug-likeness (QED) is 0.906. The van der Waals surface area contributed by atoms with Crippen molar-refractivity contribution in [2.45, 2.75) is 6.42 Å². The Labute approximate surface area is 135 Å². The van der Waals surface area contributed by atoms with Crippen LogP contribution in [0.1, 0.15) is 27.1 Å². The maximum atomic E-state index is 13.2. The van der Waals surface area contributed by atoms with Crippen molar-refractivity contribution in [3.8, 4) is 5.75 Å². The van der Waals surface area contributed by atoms with Crippen LogP contribution in [0.3, 0.4) is 0 Å². The van der Waals surface area contributed by atoms with Crippen molar-refractivity contribution in [2.24, 2.45) is 0 Å². The summed E-state index contributed by atoms with van der Waals surface area (Å²) in [5.41, 5.74) is 0.322. The average Bonchev–Trinajstić information content (AvgIpc) is 2.51. The number of amides is 1. The van der Waals surface area contributed by atoms with Crippen molar-refractivity contribution < 1.29 is 23.1 Å². The Morgan fingerprint density at radius 3 is 2.70 bits per heavy atom. The summed E-state index contributed by atoms with van der Waals surface area (Å²) in [4.78, 5) is 24.3. The maximum Gasteiger partial charge on any atom is 0.260 e. The second-order valence-electron chi connectivity index (χ2n) is 4.90. The van der Waals surface area contributed by atoms with Crippen LogP contribution in [-0.2, 0) is 0 Å². The highest BCUT2D eigenvalue weighted by molar-refractivity contribution is 6.35. The van der Waals surface area contributed by atoms with E-state index in [0.717, 1.165) is 12.1 Å². The van der Waals surface area contributed by atoms with E-state index in [0.29, 0.717) is 0 Å². The molecule has 0 bridgehead atoms. The molecule has 1 aliphatic heterocycles. The number of hydrogen-bond donors (Lipinski definition) is 1. The molecule has 1 heterocycles. The van der Waals surface area contributed by atoms with Gasteiger partial charge in [0.1, 0.15) is 11.3 Å². The Balaban J connectivity index is 1.97. The molecule has 0 saturated carbocycles. The van der Waals surface area contributed by atoms with E-state index in [2.05, 4.69) is 5.32 Å². The number of ketones is 1. The molecule has 118 valence electrons. The Kier molecular flexibility index (Phi) is 4.00. The Hall–Kier alpha value is -2.47. The van der Waals surface area contributed by atoms with Crippen LogP contribution in [0.25, 0.3) is 0 Å². The molecular weight excluding hydrogens is 328 g/mol. The summed E-state index contributed by atoms with van der Waals surface area (Å²) >= 11 is 6.04. The first-order valence-corrected chi connectivity index (χ1v) is 7.10. The number of benzene rings is 2. The first kappa shape index (κ1) is 15.4. The van der Waals surface area contributed by atoms with Crippen LogP contribution in [0.5, 0.6) is 5.75 Å². The molecule has 23 heavy (non-hydrogen) atoms. The van der Waals surface area contributed by atoms with E-state index in [-0.39, 0.29) is 46.4 Å². The third-order valence-corrected chi connectivity index (χ3v) is 3.70. The van der Waals surface area contributed by atoms with Crippen LogP contribution < -0.4 is 10.1 Å². The van der Waals surface area contributed by atoms with Crippen LogP contribution in [0, 0.1) is 11.6 Å². The normalized spacial score (nSPS) is 13.3. The van der Waals surface area contributed by atoms with Gasteiger partial charge in [0, 0.05) is 18.2 Å². The Bertz CT molecular complexity index is 823. The van der Waals surface area contributed by atoms with Gasteiger partial charge in [0.05, 0.1) is 17.2 Å². The van der Waals surface area contributed by atoms with Crippen LogP contribution in [0.15, 0.2) is 30.3 Å². The van der Waals surface area contributed by atoms with Crippen LogP contribution in [0.2, 0.25) is 5.02 Å². The molecule has 1 amide bonds. The number of halogens is 3. The number of ether oxygens (including phenoxy) is 1. The number of hydrogen-bond acceptors (Lipinski definition) is 3. The monoisotopic (exact) mass is 337 g/mol. The minimum Gasteiger partial charge on any atom is -0.491 e. The SMILES string of the molecule is O=C1CCOc2c1ccc(Cl)c2C(=O)Nc1ccc(F)c(F)c1. The van der Waals surface area contributed by atoms with E-state index in [9.17, 15) is 18.4 Å². The lowest BCUT2D eigenvalue weighted by Gasteiger charge is -2.20. The number of fused-ring (bicyclic) bond motifs is 1. The molecule has 4 nitrogen and oxygen atoms in total. The lowest BCUT2D eigenvalue weighted by atomic mass is 10.0. The number of carbonyl (C=O) groups is 2. The van der Waals surface area contributed by atoms with Gasteiger partial charge >= 0.3 is 0 Å². The highest BCUT2D eigenvalue weighted by atomic mass is 35.5. The lowest BCUT2D eigenvalue weighted by Crippen LogP contribution is -2.21. The van der Waals surface area contributed by atoms with Gasteiger partial charge in [-0.05, 0) is 24.3 Å². The van der Waals surface area contributed by atoms with Gasteiger partial charge in [-0.1, -0.05) is 11.6 Å². The van der Waals surface area contributed by atoms with Crippen molar-refractivity contribution in [3.63, 3.8) is 0 Å². The van der Waals surface area contributed by atoms with Gasteiger partial charge in [-0.25, -0.2) is 8.78 Å². The highest BCUT2D eigenvalue weighted by Crippen LogP contribution is 2.34. The van der Waals surface area contributed by atoms with Crippen molar-refractivity contribution in [2.75, 3.05) is 11.9 Å². The second kappa shape index (κ2) is 5.96. The summed E-state index contributed by atoms with van der Waals surface area (Å²) in [5.74, 6) is -2.83. The van der Waals surface area contributed by atoms with E-state index in [1.807, 2.05) is 0 Å². The fourth-order valence-electron chi connectivity index (χ4n) is 2.29. The number of anilines is 1. The third kappa shape index (κ3) is 2.90. The summed E-state index contributed by atoms with van der Waals surface area (Å²) in [6, 6.07) is 5.88. The maximum absolute atomic E-state index is 13.2. The molecule has 1 N–H and O–H groups in total. The molecule has 0 fully saturated rings. The molecule has 0 unspecified atom stereocenters. The van der Waals surface area contributed by atoms with Gasteiger partial charge in [0.15, 0.2) is 17.4 Å². The Morgan fingerprint density at radius 2 is 1.96 bits per heavy atom. The summed E-state index contributed by atoms with van der Waals surface area (Å²) in [7, 11) is 0. The molecular formula is C16H10ClF2NO3. The molecule has 0 spiro atoms. The molecule has 2 aromatic carbocycles. The van der Waals surface area contributed by atoms with Crippen LogP contribution in [-0.4, -0.2) is 18.3 Å². The predicted octanol–water partition coefficient (Wildman–Crippen LogP) is 3.84. The molecule has 0 aliphatic carbocycles. The summed E-state index contributed by atoms with van der Waals surface area (Å²) in [5, 5.41) is 2.51. The first-order valence-electron chi connectivity index (χ1n) is 6.72. The molecule has 0 atom stereocenters. The number of rotatable bonds is 2. The molecule has 7 heteroatoms. The van der Waals surface area contributed by atoms with E-state index in [4.69, 9.17) is 16.3 Å². The minimum absolute atomic E-state index is 0.0121. The zero-order chi connectivity index (χ0) is 16.6. The number of nitrogens with one attached hydrogen (secondary N) is 1. The van der Waals surface area contributed by atoms with E-state index >= 15 is 0 Å². The van der Waals surface area contributed by atoms with Crippen molar-refractivity contribution in [1.29, 1.82) is 0 Å². The van der Waals surface area contributed by atoms with Gasteiger partial charge in [-0.3, -0.25) is 9.59 Å². The zero-order valence-corrected chi connectivity index (χ0v) is 12.4. The average molecular weight is 338 g/mol. The number of carbonyl (C=O) groups excluding carboxylic acids is 2. The van der Waals surface area contributed by atoms with Crippen molar-refractivity contribution in [3.05, 3.63) is 58.1 Å². The smallest absolute Gasteiger partial charge is 0.260 e. The van der Waals surface area contributed by atoms with Gasteiger partial charge in [-0.2, -0.15) is 0 Å². The third-order valence-electron chi connectivity index (χ3n) is 3.39. The van der Waals surface area contributed by atoms with Gasteiger partial charge in [-0.15, -0.1) is 0 Å². The molecule has 0 saturated heterocycles. The van der Waals surface area contributed by atoms with Gasteiger partial charge in [0.25, 0.3) is 5.91 Å². The Morgan fingerprint density at radius 1 is 1.17 bits per heavy atom. The molecule has 0 radical (unpaired) electrons. The van der Waals surface area contributed by atoms with Crippen LogP contribution >= 0.6 is 11.6 Å². The van der Waals surface area contributed by atoms with Gasteiger partial charge < -0.3 is 10.1 Å². The van der Waals surface area contributed by atoms with Crippen LogP contribution in [0.4, 0.5) is 14.5 Å². The number of Topliss-reactive ketones (excluding diaryl/α,β-unsaturated/α-hetero) is 1. The fraction of sp³-hybridized carbons (Fsp3) is 0.125. The van der Waals surface area contributed by atoms with Crippen molar-refractivity contribution >= 4 is 29.0 Å². The minimum atomic E-state index is -1.09. The lowest BCUT2D eigenvalue weighted by molar-refractivity contribution is 0.0931. The summed E-state index contributed by atoms with van der Waals surface area (Å²) in [6.07, 6.45) is 0.221. The van der Waals surface area contributed by atoms with E-state index in [1.165, 1.54) is 18.2 Å². The first-order chi connectivity index (χ1) is 11.0. The molecule has 0 aromatic heterocycles. The zero-order valence-electron chi connectivity index (χ0n) is 11.7. The fourth-order valence-corrected chi connectivity index (χ4v) is 2.52. The topological polar surface area (TPSA) is 55.4 Å². The summed E-state index contributed by atoms with van der Waals surface area (Å²) < 4.78 is 31.5. The van der Waals surface area contributed by atoms with E-state index in [1.54, 1.807) is 0 Å². The van der Waals surface area contributed by atoms with E-state index < -0.39 is 17.5 Å². The molecule has 1 aliphatic rings. The predicted molar refractivity (Wildman–Crippen MR) is 80.2 cm³/mol. The summed E-state index contributed by atoms with van der Waals surface area (Å²) in [6.45, 7) is 0.150. The largest absolute Gasteiger partial charge is 0.491 e.